The zero-order valence-corrected chi connectivity index (χ0v) is 14.4. The minimum atomic E-state index is 0.193. The molecule has 2 saturated heterocycles. The molecule has 5 nitrogen and oxygen atoms in total. The molecular formula is C17H25N3O2S. The number of hydrogen-bond donors (Lipinski definition) is 0. The Balaban J connectivity index is 1.35. The monoisotopic (exact) mass is 335 g/mol. The van der Waals surface area contributed by atoms with Crippen molar-refractivity contribution in [3.8, 4) is 0 Å². The molecule has 0 unspecified atom stereocenters. The molecule has 1 aliphatic carbocycles. The predicted molar refractivity (Wildman–Crippen MR) is 91.1 cm³/mol. The molecule has 0 spiro atoms. The second-order valence-corrected chi connectivity index (χ2v) is 7.83. The molecule has 0 atom stereocenters. The Morgan fingerprint density at radius 2 is 1.83 bits per heavy atom. The molecule has 2 fully saturated rings. The fourth-order valence-electron chi connectivity index (χ4n) is 3.83. The normalized spacial score (nSPS) is 23.0. The van der Waals surface area contributed by atoms with Crippen LogP contribution >= 0.6 is 11.3 Å². The summed E-state index contributed by atoms with van der Waals surface area (Å²) < 4.78 is 5.34. The first-order valence-electron chi connectivity index (χ1n) is 8.91. The molecule has 23 heavy (non-hydrogen) atoms. The van der Waals surface area contributed by atoms with Gasteiger partial charge in [0, 0.05) is 37.0 Å². The second-order valence-electron chi connectivity index (χ2n) is 6.77. The number of carbonyl (C=O) groups is 1. The summed E-state index contributed by atoms with van der Waals surface area (Å²) in [6.07, 6.45) is 6.87. The molecule has 4 rings (SSSR count). The quantitative estimate of drug-likeness (QED) is 0.830. The van der Waals surface area contributed by atoms with E-state index in [0.717, 1.165) is 45.4 Å². The van der Waals surface area contributed by atoms with Gasteiger partial charge in [-0.2, -0.15) is 0 Å². The summed E-state index contributed by atoms with van der Waals surface area (Å²) >= 11 is 1.88. The SMILES string of the molecule is O=C(C1CCN(c2nc3c(s2)CCCC3)CC1)N1CCOCC1. The number of rotatable bonds is 2. The Morgan fingerprint density at radius 1 is 1.09 bits per heavy atom. The number of carbonyl (C=O) groups excluding carboxylic acids is 1. The third-order valence-electron chi connectivity index (χ3n) is 5.27. The van der Waals surface area contributed by atoms with Crippen LogP contribution in [0.1, 0.15) is 36.3 Å². The lowest BCUT2D eigenvalue weighted by Gasteiger charge is -2.35. The summed E-state index contributed by atoms with van der Waals surface area (Å²) in [5.41, 5.74) is 1.34. The van der Waals surface area contributed by atoms with Gasteiger partial charge in [-0.3, -0.25) is 4.79 Å². The standard InChI is InChI=1S/C17H25N3O2S/c21-16(19-9-11-22-12-10-19)13-5-7-20(8-6-13)17-18-14-3-1-2-4-15(14)23-17/h13H,1-12H2. The molecule has 3 aliphatic rings. The van der Waals surface area contributed by atoms with Crippen LogP contribution in [0.4, 0.5) is 5.13 Å². The number of thiazole rings is 1. The van der Waals surface area contributed by atoms with Crippen molar-refractivity contribution >= 4 is 22.4 Å². The van der Waals surface area contributed by atoms with E-state index in [9.17, 15) is 4.79 Å². The average Bonchev–Trinajstić information content (AvgIpc) is 3.06. The number of fused-ring (bicyclic) bond motifs is 1. The van der Waals surface area contributed by atoms with E-state index in [1.54, 1.807) is 0 Å². The van der Waals surface area contributed by atoms with Crippen molar-refractivity contribution < 1.29 is 9.53 Å². The van der Waals surface area contributed by atoms with Gasteiger partial charge >= 0.3 is 0 Å². The first kappa shape index (κ1) is 15.4. The van der Waals surface area contributed by atoms with Crippen LogP contribution in [-0.2, 0) is 22.4 Å². The van der Waals surface area contributed by atoms with Crippen LogP contribution in [0.15, 0.2) is 0 Å². The molecule has 6 heteroatoms. The summed E-state index contributed by atoms with van der Waals surface area (Å²) in [7, 11) is 0. The smallest absolute Gasteiger partial charge is 0.225 e. The molecule has 0 radical (unpaired) electrons. The molecule has 0 saturated carbocycles. The van der Waals surface area contributed by atoms with Crippen molar-refractivity contribution in [1.29, 1.82) is 0 Å². The van der Waals surface area contributed by atoms with Crippen LogP contribution in [0.2, 0.25) is 0 Å². The predicted octanol–water partition coefficient (Wildman–Crippen LogP) is 2.10. The van der Waals surface area contributed by atoms with Gasteiger partial charge in [0.25, 0.3) is 0 Å². The molecule has 3 heterocycles. The number of piperidine rings is 1. The molecule has 2 aliphatic heterocycles. The highest BCUT2D eigenvalue weighted by molar-refractivity contribution is 7.15. The van der Waals surface area contributed by atoms with Gasteiger partial charge in [-0.25, -0.2) is 4.98 Å². The largest absolute Gasteiger partial charge is 0.378 e. The molecule has 126 valence electrons. The highest BCUT2D eigenvalue weighted by Crippen LogP contribution is 2.33. The van der Waals surface area contributed by atoms with Crippen molar-refractivity contribution in [3.05, 3.63) is 10.6 Å². The Morgan fingerprint density at radius 3 is 2.57 bits per heavy atom. The third-order valence-corrected chi connectivity index (χ3v) is 6.49. The first-order chi connectivity index (χ1) is 11.3. The lowest BCUT2D eigenvalue weighted by Crippen LogP contribution is -2.46. The van der Waals surface area contributed by atoms with E-state index in [1.165, 1.54) is 35.0 Å². The van der Waals surface area contributed by atoms with E-state index in [2.05, 4.69) is 4.90 Å². The Bertz CT molecular complexity index is 537. The zero-order valence-electron chi connectivity index (χ0n) is 13.6. The number of morpholine rings is 1. The van der Waals surface area contributed by atoms with Gasteiger partial charge < -0.3 is 14.5 Å². The maximum absolute atomic E-state index is 12.6. The van der Waals surface area contributed by atoms with Gasteiger partial charge in [0.1, 0.15) is 0 Å². The van der Waals surface area contributed by atoms with E-state index in [1.807, 2.05) is 16.2 Å². The van der Waals surface area contributed by atoms with E-state index in [-0.39, 0.29) is 5.92 Å². The van der Waals surface area contributed by atoms with Gasteiger partial charge in [0.05, 0.1) is 18.9 Å². The van der Waals surface area contributed by atoms with Crippen molar-refractivity contribution in [2.45, 2.75) is 38.5 Å². The van der Waals surface area contributed by atoms with Crippen LogP contribution < -0.4 is 4.90 Å². The van der Waals surface area contributed by atoms with E-state index in [4.69, 9.17) is 9.72 Å². The van der Waals surface area contributed by atoms with Crippen molar-refractivity contribution in [3.63, 3.8) is 0 Å². The highest BCUT2D eigenvalue weighted by Gasteiger charge is 2.30. The van der Waals surface area contributed by atoms with Crippen molar-refractivity contribution in [2.24, 2.45) is 5.92 Å². The highest BCUT2D eigenvalue weighted by atomic mass is 32.1. The van der Waals surface area contributed by atoms with Crippen molar-refractivity contribution in [1.82, 2.24) is 9.88 Å². The van der Waals surface area contributed by atoms with Gasteiger partial charge in [-0.05, 0) is 38.5 Å². The Labute approximate surface area is 141 Å². The van der Waals surface area contributed by atoms with Gasteiger partial charge in [0.15, 0.2) is 5.13 Å². The van der Waals surface area contributed by atoms with E-state index in [0.29, 0.717) is 19.1 Å². The van der Waals surface area contributed by atoms with Crippen LogP contribution in [0.25, 0.3) is 0 Å². The zero-order chi connectivity index (χ0) is 15.6. The Kier molecular flexibility index (Phi) is 4.53. The van der Waals surface area contributed by atoms with Gasteiger partial charge in [-0.15, -0.1) is 11.3 Å². The first-order valence-corrected chi connectivity index (χ1v) is 9.73. The maximum Gasteiger partial charge on any atom is 0.225 e. The molecule has 1 aromatic heterocycles. The van der Waals surface area contributed by atoms with Crippen molar-refractivity contribution in [2.75, 3.05) is 44.3 Å². The van der Waals surface area contributed by atoms with Crippen LogP contribution in [-0.4, -0.2) is 55.2 Å². The van der Waals surface area contributed by atoms with E-state index >= 15 is 0 Å². The maximum atomic E-state index is 12.6. The number of ether oxygens (including phenoxy) is 1. The minimum Gasteiger partial charge on any atom is -0.378 e. The van der Waals surface area contributed by atoms with E-state index < -0.39 is 0 Å². The lowest BCUT2D eigenvalue weighted by molar-refractivity contribution is -0.140. The number of hydrogen-bond acceptors (Lipinski definition) is 5. The van der Waals surface area contributed by atoms with Crippen LogP contribution in [0, 0.1) is 5.92 Å². The topological polar surface area (TPSA) is 45.7 Å². The Hall–Kier alpha value is -1.14. The number of aromatic nitrogens is 1. The van der Waals surface area contributed by atoms with Gasteiger partial charge in [-0.1, -0.05) is 0 Å². The molecule has 0 aromatic carbocycles. The third kappa shape index (κ3) is 3.24. The average molecular weight is 335 g/mol. The summed E-state index contributed by atoms with van der Waals surface area (Å²) in [5.74, 6) is 0.533. The summed E-state index contributed by atoms with van der Waals surface area (Å²) in [5, 5.41) is 1.19. The number of nitrogens with zero attached hydrogens (tertiary/aromatic N) is 3. The number of aryl methyl sites for hydroxylation is 2. The number of anilines is 1. The molecule has 0 N–H and O–H groups in total. The minimum absolute atomic E-state index is 0.193. The fraction of sp³-hybridized carbons (Fsp3) is 0.765. The fourth-order valence-corrected chi connectivity index (χ4v) is 5.03. The lowest BCUT2D eigenvalue weighted by atomic mass is 9.95. The van der Waals surface area contributed by atoms with Crippen LogP contribution in [0.3, 0.4) is 0 Å². The molecule has 1 amide bonds. The molecule has 1 aromatic rings. The summed E-state index contributed by atoms with van der Waals surface area (Å²) in [6, 6.07) is 0. The summed E-state index contributed by atoms with van der Waals surface area (Å²) in [6.45, 7) is 4.83. The molecule has 0 bridgehead atoms. The molecular weight excluding hydrogens is 310 g/mol. The van der Waals surface area contributed by atoms with Gasteiger partial charge in [0.2, 0.25) is 5.91 Å². The number of amides is 1. The summed E-state index contributed by atoms with van der Waals surface area (Å²) in [4.78, 5) is 23.3. The second kappa shape index (κ2) is 6.77. The van der Waals surface area contributed by atoms with Crippen LogP contribution in [0.5, 0.6) is 0 Å².